The van der Waals surface area contributed by atoms with Crippen LogP contribution in [0, 0.1) is 0 Å². The molecule has 0 atom stereocenters. The van der Waals surface area contributed by atoms with Gasteiger partial charge in [-0.25, -0.2) is 0 Å². The number of hydrogen-bond acceptors (Lipinski definition) is 3. The van der Waals surface area contributed by atoms with Crippen LogP contribution in [-0.2, 0) is 0 Å². The third kappa shape index (κ3) is 3.22. The van der Waals surface area contributed by atoms with Crippen LogP contribution >= 0.6 is 0 Å². The van der Waals surface area contributed by atoms with Crippen molar-refractivity contribution < 1.29 is 14.3 Å². The van der Waals surface area contributed by atoms with Gasteiger partial charge in [0, 0.05) is 5.69 Å². The summed E-state index contributed by atoms with van der Waals surface area (Å²) in [5.74, 6) is 1.04. The second kappa shape index (κ2) is 6.98. The Balaban J connectivity index is 2.38. The Hall–Kier alpha value is -2.49. The molecule has 1 N–H and O–H groups in total. The maximum absolute atomic E-state index is 12.7. The van der Waals surface area contributed by atoms with Crippen molar-refractivity contribution >= 4 is 11.6 Å². The minimum absolute atomic E-state index is 0.248. The van der Waals surface area contributed by atoms with Gasteiger partial charge in [-0.1, -0.05) is 38.1 Å². The largest absolute Gasteiger partial charge is 0.496 e. The maximum atomic E-state index is 12.7. The first-order valence-corrected chi connectivity index (χ1v) is 7.19. The van der Waals surface area contributed by atoms with Crippen molar-refractivity contribution in [2.24, 2.45) is 0 Å². The zero-order valence-electron chi connectivity index (χ0n) is 13.3. The average molecular weight is 299 g/mol. The van der Waals surface area contributed by atoms with E-state index in [1.54, 1.807) is 18.2 Å². The summed E-state index contributed by atoms with van der Waals surface area (Å²) in [5.41, 5.74) is 2.28. The number of ether oxygens (including phenoxy) is 2. The summed E-state index contributed by atoms with van der Waals surface area (Å²) in [7, 11) is 3.07. The fourth-order valence-corrected chi connectivity index (χ4v) is 2.37. The molecule has 0 aliphatic heterocycles. The quantitative estimate of drug-likeness (QED) is 0.905. The number of hydrogen-bond donors (Lipinski definition) is 1. The minimum atomic E-state index is -0.248. The molecule has 22 heavy (non-hydrogen) atoms. The van der Waals surface area contributed by atoms with Crippen LogP contribution in [0.4, 0.5) is 5.69 Å². The number of benzene rings is 2. The zero-order chi connectivity index (χ0) is 16.1. The number of anilines is 1. The van der Waals surface area contributed by atoms with Gasteiger partial charge in [0.1, 0.15) is 17.1 Å². The lowest BCUT2D eigenvalue weighted by molar-refractivity contribution is 0.102. The molecule has 2 rings (SSSR count). The molecule has 4 heteroatoms. The second-order valence-corrected chi connectivity index (χ2v) is 5.23. The number of methoxy groups -OCH3 is 2. The van der Waals surface area contributed by atoms with Gasteiger partial charge in [0.15, 0.2) is 0 Å². The van der Waals surface area contributed by atoms with Crippen LogP contribution in [0.15, 0.2) is 42.5 Å². The van der Waals surface area contributed by atoms with Gasteiger partial charge in [-0.3, -0.25) is 4.79 Å². The van der Waals surface area contributed by atoms with E-state index >= 15 is 0 Å². The summed E-state index contributed by atoms with van der Waals surface area (Å²) < 4.78 is 10.6. The van der Waals surface area contributed by atoms with Gasteiger partial charge >= 0.3 is 0 Å². The molecule has 0 spiro atoms. The van der Waals surface area contributed by atoms with Gasteiger partial charge in [0.2, 0.25) is 0 Å². The van der Waals surface area contributed by atoms with Crippen molar-refractivity contribution in [1.29, 1.82) is 0 Å². The average Bonchev–Trinajstić information content (AvgIpc) is 2.54. The van der Waals surface area contributed by atoms with E-state index in [1.807, 2.05) is 24.3 Å². The van der Waals surface area contributed by atoms with Crippen molar-refractivity contribution in [3.63, 3.8) is 0 Å². The molecule has 0 heterocycles. The molecule has 0 fully saturated rings. The van der Waals surface area contributed by atoms with Gasteiger partial charge in [-0.2, -0.15) is 0 Å². The van der Waals surface area contributed by atoms with E-state index < -0.39 is 0 Å². The van der Waals surface area contributed by atoms with Crippen LogP contribution in [0.2, 0.25) is 0 Å². The number of carbonyl (C=O) groups excluding carboxylic acids is 1. The van der Waals surface area contributed by atoms with Crippen molar-refractivity contribution in [3.8, 4) is 11.5 Å². The molecule has 116 valence electrons. The van der Waals surface area contributed by atoms with Crippen molar-refractivity contribution in [2.45, 2.75) is 19.8 Å². The molecule has 4 nitrogen and oxygen atoms in total. The summed E-state index contributed by atoms with van der Waals surface area (Å²) in [6.45, 7) is 4.18. The topological polar surface area (TPSA) is 47.6 Å². The highest BCUT2D eigenvalue weighted by Crippen LogP contribution is 2.30. The predicted molar refractivity (Wildman–Crippen MR) is 88.0 cm³/mol. The lowest BCUT2D eigenvalue weighted by Crippen LogP contribution is -2.16. The van der Waals surface area contributed by atoms with E-state index in [4.69, 9.17) is 9.47 Å². The molecule has 0 aliphatic rings. The molecule has 0 saturated heterocycles. The first kappa shape index (κ1) is 15.9. The van der Waals surface area contributed by atoms with E-state index in [9.17, 15) is 4.79 Å². The van der Waals surface area contributed by atoms with Gasteiger partial charge in [-0.05, 0) is 29.7 Å². The summed E-state index contributed by atoms with van der Waals surface area (Å²) in [5, 5.41) is 2.96. The van der Waals surface area contributed by atoms with E-state index in [0.717, 1.165) is 11.3 Å². The van der Waals surface area contributed by atoms with Crippen molar-refractivity contribution in [3.05, 3.63) is 53.6 Å². The van der Waals surface area contributed by atoms with Crippen LogP contribution in [-0.4, -0.2) is 20.1 Å². The van der Waals surface area contributed by atoms with E-state index in [2.05, 4.69) is 19.2 Å². The highest BCUT2D eigenvalue weighted by Gasteiger charge is 2.19. The second-order valence-electron chi connectivity index (χ2n) is 5.23. The van der Waals surface area contributed by atoms with Gasteiger partial charge in [0.05, 0.1) is 14.2 Å². The predicted octanol–water partition coefficient (Wildman–Crippen LogP) is 4.08. The first-order chi connectivity index (χ1) is 10.6. The fourth-order valence-electron chi connectivity index (χ4n) is 2.37. The fraction of sp³-hybridized carbons (Fsp3) is 0.278. The molecular weight excluding hydrogens is 278 g/mol. The molecule has 0 bridgehead atoms. The Morgan fingerprint density at radius 3 is 2.09 bits per heavy atom. The third-order valence-electron chi connectivity index (χ3n) is 3.49. The van der Waals surface area contributed by atoms with Crippen molar-refractivity contribution in [2.75, 3.05) is 19.5 Å². The van der Waals surface area contributed by atoms with Gasteiger partial charge < -0.3 is 14.8 Å². The summed E-state index contributed by atoms with van der Waals surface area (Å²) >= 11 is 0. The van der Waals surface area contributed by atoms with E-state index in [-0.39, 0.29) is 5.91 Å². The SMILES string of the molecule is COc1cccc(OC)c1C(=O)Nc1ccccc1C(C)C. The Morgan fingerprint density at radius 2 is 1.55 bits per heavy atom. The molecular formula is C18H21NO3. The third-order valence-corrected chi connectivity index (χ3v) is 3.49. The maximum Gasteiger partial charge on any atom is 0.263 e. The first-order valence-electron chi connectivity index (χ1n) is 7.19. The number of carbonyl (C=O) groups is 1. The van der Waals surface area contributed by atoms with Crippen LogP contribution in [0.3, 0.4) is 0 Å². The molecule has 0 aromatic heterocycles. The van der Waals surface area contributed by atoms with E-state index in [0.29, 0.717) is 23.0 Å². The minimum Gasteiger partial charge on any atom is -0.496 e. The van der Waals surface area contributed by atoms with Crippen LogP contribution < -0.4 is 14.8 Å². The van der Waals surface area contributed by atoms with Gasteiger partial charge in [-0.15, -0.1) is 0 Å². The Labute approximate surface area is 131 Å². The molecule has 0 radical (unpaired) electrons. The standard InChI is InChI=1S/C18H21NO3/c1-12(2)13-8-5-6-9-14(13)19-18(20)17-15(21-3)10-7-11-16(17)22-4/h5-12H,1-4H3,(H,19,20). The number of para-hydroxylation sites is 1. The van der Waals surface area contributed by atoms with Gasteiger partial charge in [0.25, 0.3) is 5.91 Å². The van der Waals surface area contributed by atoms with Crippen LogP contribution in [0.5, 0.6) is 11.5 Å². The monoisotopic (exact) mass is 299 g/mol. The number of rotatable bonds is 5. The number of amides is 1. The normalized spacial score (nSPS) is 10.4. The summed E-state index contributed by atoms with van der Waals surface area (Å²) in [6, 6.07) is 13.1. The van der Waals surface area contributed by atoms with Crippen molar-refractivity contribution in [1.82, 2.24) is 0 Å². The molecule has 2 aromatic carbocycles. The summed E-state index contributed by atoms with van der Waals surface area (Å²) in [6.07, 6.45) is 0. The lowest BCUT2D eigenvalue weighted by atomic mass is 10.0. The highest BCUT2D eigenvalue weighted by atomic mass is 16.5. The van der Waals surface area contributed by atoms with Crippen LogP contribution in [0.1, 0.15) is 35.7 Å². The van der Waals surface area contributed by atoms with Crippen LogP contribution in [0.25, 0.3) is 0 Å². The lowest BCUT2D eigenvalue weighted by Gasteiger charge is -2.16. The molecule has 0 aliphatic carbocycles. The Morgan fingerprint density at radius 1 is 0.955 bits per heavy atom. The summed E-state index contributed by atoms with van der Waals surface area (Å²) in [4.78, 5) is 12.7. The van der Waals surface area contributed by atoms with E-state index in [1.165, 1.54) is 14.2 Å². The highest BCUT2D eigenvalue weighted by molar-refractivity contribution is 6.08. The molecule has 2 aromatic rings. The molecule has 1 amide bonds. The molecule has 0 unspecified atom stereocenters. The zero-order valence-corrected chi connectivity index (χ0v) is 13.3. The smallest absolute Gasteiger partial charge is 0.263 e. The Bertz CT molecular complexity index is 643. The molecule has 0 saturated carbocycles. The number of nitrogens with one attached hydrogen (secondary N) is 1. The Kier molecular flexibility index (Phi) is 5.04.